The predicted molar refractivity (Wildman–Crippen MR) is 132 cm³/mol. The Morgan fingerprint density at radius 1 is 1.14 bits per heavy atom. The van der Waals surface area contributed by atoms with Gasteiger partial charge in [-0.15, -0.1) is 0 Å². The topological polar surface area (TPSA) is 105 Å². The van der Waals surface area contributed by atoms with E-state index in [9.17, 15) is 18.0 Å². The number of alkyl halides is 2. The molecule has 37 heavy (non-hydrogen) atoms. The zero-order valence-electron chi connectivity index (χ0n) is 20.8. The largest absolute Gasteiger partial charge is 0.379 e. The van der Waals surface area contributed by atoms with Crippen LogP contribution in [0.4, 0.5) is 30.5 Å². The molecule has 2 N–H and O–H groups in total. The highest BCUT2D eigenvalue weighted by Crippen LogP contribution is 2.32. The Morgan fingerprint density at radius 2 is 1.89 bits per heavy atom. The molecule has 0 radical (unpaired) electrons. The molecule has 0 unspecified atom stereocenters. The summed E-state index contributed by atoms with van der Waals surface area (Å²) in [6.45, 7) is 6.67. The zero-order valence-corrected chi connectivity index (χ0v) is 20.8. The van der Waals surface area contributed by atoms with Gasteiger partial charge in [-0.1, -0.05) is 6.92 Å². The third kappa shape index (κ3) is 6.77. The number of ether oxygens (including phenoxy) is 1. The van der Waals surface area contributed by atoms with E-state index in [1.54, 1.807) is 19.1 Å². The van der Waals surface area contributed by atoms with E-state index in [0.717, 1.165) is 6.92 Å². The molecular formula is C25H28F3N7O2. The summed E-state index contributed by atoms with van der Waals surface area (Å²) >= 11 is 0. The van der Waals surface area contributed by atoms with Crippen LogP contribution in [0, 0.1) is 5.82 Å². The standard InChI is InChI=1S/C25H28F3N7O2/c1-4-16-11-23(34-24(31-16)25(3,27)28)33-20-12-22(30-15(2)36)29-13-17(20)19-6-5-18(26)21(32-19)14-35-7-9-37-10-8-35/h5-6,11-13H,4,7-10,14H2,1-3H3,(H2,29,30,31,33,34,36). The van der Waals surface area contributed by atoms with Crippen molar-refractivity contribution < 1.29 is 22.7 Å². The minimum atomic E-state index is -3.24. The Bertz CT molecular complexity index is 1280. The number of amides is 1. The van der Waals surface area contributed by atoms with Crippen LogP contribution < -0.4 is 10.6 Å². The van der Waals surface area contributed by atoms with E-state index < -0.39 is 17.6 Å². The fourth-order valence-electron chi connectivity index (χ4n) is 3.80. The van der Waals surface area contributed by atoms with Crippen molar-refractivity contribution >= 4 is 23.2 Å². The third-order valence-corrected chi connectivity index (χ3v) is 5.68. The molecule has 0 bridgehead atoms. The first-order chi connectivity index (χ1) is 17.6. The Balaban J connectivity index is 1.74. The number of hydrogen-bond donors (Lipinski definition) is 2. The number of pyridine rings is 2. The Kier molecular flexibility index (Phi) is 7.98. The van der Waals surface area contributed by atoms with Crippen LogP contribution in [0.15, 0.2) is 30.5 Å². The number of carbonyl (C=O) groups is 1. The molecule has 1 saturated heterocycles. The molecule has 0 spiro atoms. The summed E-state index contributed by atoms with van der Waals surface area (Å²) in [6, 6.07) is 5.96. The number of carbonyl (C=O) groups excluding carboxylic acids is 1. The SMILES string of the molecule is CCc1cc(Nc2cc(NC(C)=O)ncc2-c2ccc(F)c(CN3CCOCC3)n2)nc(C(C)(F)F)n1. The highest BCUT2D eigenvalue weighted by molar-refractivity contribution is 5.89. The maximum absolute atomic E-state index is 14.6. The first-order valence-electron chi connectivity index (χ1n) is 11.9. The van der Waals surface area contributed by atoms with E-state index in [-0.39, 0.29) is 23.2 Å². The molecule has 0 aromatic carbocycles. The van der Waals surface area contributed by atoms with Gasteiger partial charge in [-0.25, -0.2) is 24.3 Å². The Morgan fingerprint density at radius 3 is 2.57 bits per heavy atom. The number of morpholine rings is 1. The van der Waals surface area contributed by atoms with Crippen molar-refractivity contribution in [2.45, 2.75) is 39.7 Å². The molecule has 12 heteroatoms. The van der Waals surface area contributed by atoms with Gasteiger partial charge in [-0.05, 0) is 18.6 Å². The predicted octanol–water partition coefficient (Wildman–Crippen LogP) is 4.28. The molecule has 0 saturated carbocycles. The number of rotatable bonds is 8. The van der Waals surface area contributed by atoms with Crippen LogP contribution in [-0.4, -0.2) is 57.0 Å². The highest BCUT2D eigenvalue weighted by Gasteiger charge is 2.29. The van der Waals surface area contributed by atoms with Crippen LogP contribution in [0.5, 0.6) is 0 Å². The van der Waals surface area contributed by atoms with Crippen molar-refractivity contribution in [3.05, 3.63) is 53.5 Å². The molecule has 196 valence electrons. The molecule has 0 atom stereocenters. The average Bonchev–Trinajstić information content (AvgIpc) is 2.85. The summed E-state index contributed by atoms with van der Waals surface area (Å²) in [5.74, 6) is -4.25. The van der Waals surface area contributed by atoms with Crippen LogP contribution in [0.1, 0.15) is 38.0 Å². The van der Waals surface area contributed by atoms with Gasteiger partial charge in [0.15, 0.2) is 0 Å². The molecule has 0 aliphatic carbocycles. The lowest BCUT2D eigenvalue weighted by Gasteiger charge is -2.26. The van der Waals surface area contributed by atoms with Crippen molar-refractivity contribution in [3.8, 4) is 11.3 Å². The number of aromatic nitrogens is 4. The van der Waals surface area contributed by atoms with Crippen molar-refractivity contribution in [1.29, 1.82) is 0 Å². The maximum Gasteiger partial charge on any atom is 0.303 e. The fourth-order valence-corrected chi connectivity index (χ4v) is 3.80. The lowest BCUT2D eigenvalue weighted by atomic mass is 10.1. The molecule has 1 amide bonds. The van der Waals surface area contributed by atoms with Gasteiger partial charge in [0.1, 0.15) is 17.5 Å². The number of anilines is 3. The van der Waals surface area contributed by atoms with E-state index in [4.69, 9.17) is 4.74 Å². The van der Waals surface area contributed by atoms with Crippen molar-refractivity contribution in [2.75, 3.05) is 36.9 Å². The van der Waals surface area contributed by atoms with Crippen molar-refractivity contribution in [3.63, 3.8) is 0 Å². The minimum absolute atomic E-state index is 0.139. The number of hydrogen-bond acceptors (Lipinski definition) is 8. The molecule has 4 rings (SSSR count). The van der Waals surface area contributed by atoms with Crippen LogP contribution in [0.3, 0.4) is 0 Å². The van der Waals surface area contributed by atoms with Gasteiger partial charge in [0.05, 0.1) is 30.3 Å². The monoisotopic (exact) mass is 515 g/mol. The summed E-state index contributed by atoms with van der Waals surface area (Å²) in [5, 5.41) is 5.65. The minimum Gasteiger partial charge on any atom is -0.379 e. The lowest BCUT2D eigenvalue weighted by Crippen LogP contribution is -2.36. The molecule has 3 aromatic heterocycles. The fraction of sp³-hybridized carbons (Fsp3) is 0.400. The maximum atomic E-state index is 14.6. The van der Waals surface area contributed by atoms with E-state index in [2.05, 4.69) is 35.5 Å². The normalized spacial score (nSPS) is 14.4. The van der Waals surface area contributed by atoms with E-state index in [0.29, 0.717) is 61.9 Å². The van der Waals surface area contributed by atoms with Gasteiger partial charge >= 0.3 is 5.92 Å². The first-order valence-corrected chi connectivity index (χ1v) is 11.9. The molecule has 4 heterocycles. The van der Waals surface area contributed by atoms with Gasteiger partial charge in [0, 0.05) is 63.1 Å². The second kappa shape index (κ2) is 11.2. The van der Waals surface area contributed by atoms with Crippen molar-refractivity contribution in [2.24, 2.45) is 0 Å². The number of nitrogens with one attached hydrogen (secondary N) is 2. The first kappa shape index (κ1) is 26.4. The molecule has 3 aromatic rings. The van der Waals surface area contributed by atoms with Crippen LogP contribution in [0.2, 0.25) is 0 Å². The van der Waals surface area contributed by atoms with Crippen molar-refractivity contribution in [1.82, 2.24) is 24.8 Å². The second-order valence-corrected chi connectivity index (χ2v) is 8.74. The highest BCUT2D eigenvalue weighted by atomic mass is 19.3. The molecule has 1 aliphatic heterocycles. The average molecular weight is 516 g/mol. The molecule has 9 nitrogen and oxygen atoms in total. The number of nitrogens with zero attached hydrogens (tertiary/aromatic N) is 5. The summed E-state index contributed by atoms with van der Waals surface area (Å²) in [5.41, 5.74) is 1.97. The summed E-state index contributed by atoms with van der Waals surface area (Å²) in [4.78, 5) is 30.4. The quantitative estimate of drug-likeness (QED) is 0.458. The van der Waals surface area contributed by atoms with Crippen LogP contribution in [-0.2, 0) is 28.4 Å². The number of aryl methyl sites for hydroxylation is 1. The molecule has 1 fully saturated rings. The molecule has 1 aliphatic rings. The summed E-state index contributed by atoms with van der Waals surface area (Å²) in [6.07, 6.45) is 1.90. The van der Waals surface area contributed by atoms with Crippen LogP contribution >= 0.6 is 0 Å². The summed E-state index contributed by atoms with van der Waals surface area (Å²) < 4.78 is 48.1. The van der Waals surface area contributed by atoms with E-state index >= 15 is 0 Å². The Labute approximate surface area is 212 Å². The summed E-state index contributed by atoms with van der Waals surface area (Å²) in [7, 11) is 0. The lowest BCUT2D eigenvalue weighted by molar-refractivity contribution is -0.114. The van der Waals surface area contributed by atoms with E-state index in [1.165, 1.54) is 25.3 Å². The zero-order chi connectivity index (χ0) is 26.6. The van der Waals surface area contributed by atoms with Gasteiger partial charge in [-0.2, -0.15) is 8.78 Å². The second-order valence-electron chi connectivity index (χ2n) is 8.74. The number of halogens is 3. The van der Waals surface area contributed by atoms with Gasteiger partial charge in [0.2, 0.25) is 11.7 Å². The smallest absolute Gasteiger partial charge is 0.303 e. The van der Waals surface area contributed by atoms with Gasteiger partial charge < -0.3 is 15.4 Å². The van der Waals surface area contributed by atoms with Crippen LogP contribution in [0.25, 0.3) is 11.3 Å². The van der Waals surface area contributed by atoms with Gasteiger partial charge in [0.25, 0.3) is 0 Å². The van der Waals surface area contributed by atoms with Gasteiger partial charge in [-0.3, -0.25) is 9.69 Å². The third-order valence-electron chi connectivity index (χ3n) is 5.68. The molecular weight excluding hydrogens is 487 g/mol. The Hall–Kier alpha value is -3.64. The van der Waals surface area contributed by atoms with E-state index in [1.807, 2.05) is 0 Å².